The quantitative estimate of drug-likeness (QED) is 0.615. The van der Waals surface area contributed by atoms with Gasteiger partial charge in [0, 0.05) is 22.5 Å². The predicted octanol–water partition coefficient (Wildman–Crippen LogP) is 5.36. The molecule has 130 valence electrons. The van der Waals surface area contributed by atoms with Crippen LogP contribution in [0, 0.1) is 6.92 Å². The highest BCUT2D eigenvalue weighted by atomic mass is 35.5. The first-order valence-corrected chi connectivity index (χ1v) is 10.0. The van der Waals surface area contributed by atoms with Crippen molar-refractivity contribution in [1.82, 2.24) is 9.97 Å². The minimum atomic E-state index is -0.138. The molecule has 7 heteroatoms. The van der Waals surface area contributed by atoms with E-state index in [0.717, 1.165) is 45.4 Å². The number of thiazole rings is 2. The number of carbonyl (C=O) groups excluding carboxylic acids is 1. The number of amides is 1. The number of aryl methyl sites for hydroxylation is 2. The van der Waals surface area contributed by atoms with Gasteiger partial charge in [0.1, 0.15) is 4.88 Å². The molecular formula is C18H18ClN3OS2. The maximum Gasteiger partial charge on any atom is 0.269 e. The number of aromatic nitrogens is 2. The van der Waals surface area contributed by atoms with E-state index in [-0.39, 0.29) is 5.91 Å². The Hall–Kier alpha value is -1.76. The summed E-state index contributed by atoms with van der Waals surface area (Å²) in [5, 5.41) is 5.22. The molecule has 4 nitrogen and oxygen atoms in total. The second kappa shape index (κ2) is 8.08. The Balaban J connectivity index is 1.67. The van der Waals surface area contributed by atoms with Crippen molar-refractivity contribution in [2.45, 2.75) is 33.1 Å². The molecule has 0 aliphatic heterocycles. The summed E-state index contributed by atoms with van der Waals surface area (Å²) >= 11 is 8.96. The second-order valence-corrected chi connectivity index (χ2v) is 8.30. The highest BCUT2D eigenvalue weighted by molar-refractivity contribution is 7.16. The minimum Gasteiger partial charge on any atom is -0.297 e. The molecule has 25 heavy (non-hydrogen) atoms. The summed E-state index contributed by atoms with van der Waals surface area (Å²) in [5.41, 5.74) is 1.90. The van der Waals surface area contributed by atoms with Crippen LogP contribution in [0.2, 0.25) is 5.02 Å². The summed E-state index contributed by atoms with van der Waals surface area (Å²) in [6.07, 6.45) is 4.46. The highest BCUT2D eigenvalue weighted by Crippen LogP contribution is 2.25. The summed E-state index contributed by atoms with van der Waals surface area (Å²) in [4.78, 5) is 23.0. The third kappa shape index (κ3) is 4.66. The molecule has 1 aromatic carbocycles. The van der Waals surface area contributed by atoms with Crippen LogP contribution in [0.5, 0.6) is 0 Å². The average Bonchev–Trinajstić information content (AvgIpc) is 3.14. The van der Waals surface area contributed by atoms with Gasteiger partial charge in [-0.1, -0.05) is 30.7 Å². The topological polar surface area (TPSA) is 54.9 Å². The lowest BCUT2D eigenvalue weighted by Crippen LogP contribution is -2.11. The van der Waals surface area contributed by atoms with E-state index in [9.17, 15) is 4.79 Å². The van der Waals surface area contributed by atoms with Crippen molar-refractivity contribution in [2.75, 3.05) is 5.32 Å². The number of carbonyl (C=O) groups is 1. The van der Waals surface area contributed by atoms with Gasteiger partial charge in [0.05, 0.1) is 10.7 Å². The van der Waals surface area contributed by atoms with Crippen molar-refractivity contribution in [2.24, 2.45) is 0 Å². The van der Waals surface area contributed by atoms with Crippen molar-refractivity contribution in [3.05, 3.63) is 61.5 Å². The van der Waals surface area contributed by atoms with Gasteiger partial charge in [-0.3, -0.25) is 10.1 Å². The molecule has 0 unspecified atom stereocenters. The lowest BCUT2D eigenvalue weighted by Gasteiger charge is -2.00. The van der Waals surface area contributed by atoms with Gasteiger partial charge in [-0.15, -0.1) is 22.7 Å². The van der Waals surface area contributed by atoms with E-state index in [1.165, 1.54) is 22.7 Å². The lowest BCUT2D eigenvalue weighted by molar-refractivity contribution is 0.103. The van der Waals surface area contributed by atoms with Gasteiger partial charge in [0.15, 0.2) is 5.13 Å². The van der Waals surface area contributed by atoms with Crippen LogP contribution in [-0.4, -0.2) is 15.9 Å². The van der Waals surface area contributed by atoms with Crippen LogP contribution in [0.15, 0.2) is 30.5 Å². The summed E-state index contributed by atoms with van der Waals surface area (Å²) in [6, 6.07) is 7.75. The Morgan fingerprint density at radius 2 is 2.16 bits per heavy atom. The fourth-order valence-electron chi connectivity index (χ4n) is 2.43. The van der Waals surface area contributed by atoms with Crippen LogP contribution >= 0.6 is 34.3 Å². The van der Waals surface area contributed by atoms with Gasteiger partial charge in [-0.2, -0.15) is 0 Å². The van der Waals surface area contributed by atoms with Crippen molar-refractivity contribution in [3.63, 3.8) is 0 Å². The molecular weight excluding hydrogens is 374 g/mol. The molecule has 0 atom stereocenters. The molecule has 2 aromatic heterocycles. The molecule has 3 aromatic rings. The number of anilines is 1. The third-order valence-electron chi connectivity index (χ3n) is 3.55. The summed E-state index contributed by atoms with van der Waals surface area (Å²) in [6.45, 7) is 3.98. The van der Waals surface area contributed by atoms with Gasteiger partial charge < -0.3 is 0 Å². The van der Waals surface area contributed by atoms with E-state index in [1.807, 2.05) is 31.2 Å². The first-order valence-electron chi connectivity index (χ1n) is 8.02. The summed E-state index contributed by atoms with van der Waals surface area (Å²) in [7, 11) is 0. The normalized spacial score (nSPS) is 10.8. The van der Waals surface area contributed by atoms with Crippen molar-refractivity contribution >= 4 is 45.3 Å². The van der Waals surface area contributed by atoms with Gasteiger partial charge >= 0.3 is 0 Å². The number of hydrogen-bond donors (Lipinski definition) is 1. The second-order valence-electron chi connectivity index (χ2n) is 5.66. The fraction of sp³-hybridized carbons (Fsp3) is 0.278. The maximum absolute atomic E-state index is 12.5. The van der Waals surface area contributed by atoms with Crippen molar-refractivity contribution < 1.29 is 4.79 Å². The molecule has 0 spiro atoms. The zero-order chi connectivity index (χ0) is 17.8. The van der Waals surface area contributed by atoms with Gasteiger partial charge in [-0.05, 0) is 37.5 Å². The fourth-order valence-corrected chi connectivity index (χ4v) is 4.55. The predicted molar refractivity (Wildman–Crippen MR) is 105 cm³/mol. The molecule has 0 aliphatic carbocycles. The smallest absolute Gasteiger partial charge is 0.269 e. The number of benzene rings is 1. The molecule has 0 aliphatic rings. The van der Waals surface area contributed by atoms with E-state index in [0.29, 0.717) is 10.0 Å². The van der Waals surface area contributed by atoms with E-state index in [4.69, 9.17) is 11.6 Å². The molecule has 0 fully saturated rings. The molecule has 0 radical (unpaired) electrons. The van der Waals surface area contributed by atoms with Gasteiger partial charge in [0.25, 0.3) is 5.91 Å². The van der Waals surface area contributed by atoms with Gasteiger partial charge in [0.2, 0.25) is 0 Å². The molecule has 1 N–H and O–H groups in total. The standard InChI is InChI=1S/C18H18ClN3OS2/c1-3-5-15-21-11(2)16(25-15)17(23)22-18-20-10-14(24-18)9-12-6-4-7-13(19)8-12/h4,6-8,10H,3,5,9H2,1-2H3,(H,20,22,23). The Bertz CT molecular complexity index is 888. The van der Waals surface area contributed by atoms with Crippen molar-refractivity contribution in [3.8, 4) is 0 Å². The van der Waals surface area contributed by atoms with E-state index in [2.05, 4.69) is 22.2 Å². The van der Waals surface area contributed by atoms with Crippen LogP contribution in [0.1, 0.15) is 44.2 Å². The number of nitrogens with one attached hydrogen (secondary N) is 1. The third-order valence-corrected chi connectivity index (χ3v) is 5.92. The Kier molecular flexibility index (Phi) is 5.83. The van der Waals surface area contributed by atoms with E-state index >= 15 is 0 Å². The number of hydrogen-bond acceptors (Lipinski definition) is 5. The highest BCUT2D eigenvalue weighted by Gasteiger charge is 2.16. The average molecular weight is 392 g/mol. The molecule has 0 saturated carbocycles. The van der Waals surface area contributed by atoms with Crippen LogP contribution in [0.4, 0.5) is 5.13 Å². The van der Waals surface area contributed by atoms with E-state index in [1.54, 1.807) is 6.20 Å². The molecule has 0 saturated heterocycles. The number of nitrogens with zero attached hydrogens (tertiary/aromatic N) is 2. The molecule has 2 heterocycles. The SMILES string of the molecule is CCCc1nc(C)c(C(=O)Nc2ncc(Cc3cccc(Cl)c3)s2)s1. The lowest BCUT2D eigenvalue weighted by atomic mass is 10.1. The van der Waals surface area contributed by atoms with Crippen molar-refractivity contribution in [1.29, 1.82) is 0 Å². The molecule has 1 amide bonds. The van der Waals surface area contributed by atoms with E-state index < -0.39 is 0 Å². The first kappa shape index (κ1) is 18.0. The van der Waals surface area contributed by atoms with Crippen LogP contribution in [0.25, 0.3) is 0 Å². The Morgan fingerprint density at radius 1 is 1.32 bits per heavy atom. The zero-order valence-electron chi connectivity index (χ0n) is 14.0. The monoisotopic (exact) mass is 391 g/mol. The number of rotatable bonds is 6. The van der Waals surface area contributed by atoms with Crippen LogP contribution in [-0.2, 0) is 12.8 Å². The number of halogens is 1. The maximum atomic E-state index is 12.5. The molecule has 0 bridgehead atoms. The van der Waals surface area contributed by atoms with Crippen LogP contribution in [0.3, 0.4) is 0 Å². The van der Waals surface area contributed by atoms with Crippen LogP contribution < -0.4 is 5.32 Å². The Labute approximate surface area is 159 Å². The summed E-state index contributed by atoms with van der Waals surface area (Å²) < 4.78 is 0. The minimum absolute atomic E-state index is 0.138. The first-order chi connectivity index (χ1) is 12.0. The molecule has 3 rings (SSSR count). The van der Waals surface area contributed by atoms with Gasteiger partial charge in [-0.25, -0.2) is 9.97 Å². The zero-order valence-corrected chi connectivity index (χ0v) is 16.4. The Morgan fingerprint density at radius 3 is 2.92 bits per heavy atom. The summed E-state index contributed by atoms with van der Waals surface area (Å²) in [5.74, 6) is -0.138. The largest absolute Gasteiger partial charge is 0.297 e.